The minimum Gasteiger partial charge on any atom is -0.367 e. The van der Waals surface area contributed by atoms with Crippen LogP contribution in [0.1, 0.15) is 59.2 Å². The number of aromatic nitrogens is 2. The van der Waals surface area contributed by atoms with Gasteiger partial charge in [0, 0.05) is 13.2 Å². The van der Waals surface area contributed by atoms with Gasteiger partial charge in [-0.2, -0.15) is 4.98 Å². The van der Waals surface area contributed by atoms with E-state index in [0.29, 0.717) is 18.3 Å². The fraction of sp³-hybridized carbons (Fsp3) is 0.867. The number of hydrogen-bond donors (Lipinski definition) is 1. The average molecular weight is 281 g/mol. The van der Waals surface area contributed by atoms with Crippen LogP contribution in [-0.2, 0) is 15.8 Å². The maximum atomic E-state index is 5.83. The van der Waals surface area contributed by atoms with Gasteiger partial charge in [0.2, 0.25) is 11.7 Å². The van der Waals surface area contributed by atoms with Gasteiger partial charge in [0.05, 0.1) is 5.41 Å². The lowest BCUT2D eigenvalue weighted by molar-refractivity contribution is -0.0403. The van der Waals surface area contributed by atoms with Gasteiger partial charge >= 0.3 is 0 Å². The first-order valence-corrected chi connectivity index (χ1v) is 7.68. The molecule has 0 bridgehead atoms. The molecule has 1 fully saturated rings. The fourth-order valence-corrected chi connectivity index (χ4v) is 2.92. The van der Waals surface area contributed by atoms with Crippen molar-refractivity contribution in [2.75, 3.05) is 19.7 Å². The number of rotatable bonds is 6. The van der Waals surface area contributed by atoms with Crippen LogP contribution in [0.3, 0.4) is 0 Å². The highest BCUT2D eigenvalue weighted by Gasteiger charge is 2.44. The van der Waals surface area contributed by atoms with E-state index < -0.39 is 5.60 Å². The lowest BCUT2D eigenvalue weighted by atomic mass is 9.76. The molecule has 5 nitrogen and oxygen atoms in total. The maximum absolute atomic E-state index is 5.83. The molecule has 2 atom stereocenters. The summed E-state index contributed by atoms with van der Waals surface area (Å²) < 4.78 is 11.5. The van der Waals surface area contributed by atoms with E-state index in [1.807, 2.05) is 13.8 Å². The standard InChI is InChI=1S/C15H27N3O2/c1-6-14(5,19-7-2)12-17-13(20-18-12)15(11(3)4)8-9-16-10-15/h11,16H,6-10H2,1-5H3. The van der Waals surface area contributed by atoms with Crippen molar-refractivity contribution in [3.05, 3.63) is 11.7 Å². The lowest BCUT2D eigenvalue weighted by Gasteiger charge is -2.28. The second kappa shape index (κ2) is 5.82. The lowest BCUT2D eigenvalue weighted by Crippen LogP contribution is -2.35. The Hall–Kier alpha value is -0.940. The maximum Gasteiger partial charge on any atom is 0.234 e. The Morgan fingerprint density at radius 2 is 2.20 bits per heavy atom. The van der Waals surface area contributed by atoms with Crippen LogP contribution in [-0.4, -0.2) is 29.8 Å². The topological polar surface area (TPSA) is 60.2 Å². The largest absolute Gasteiger partial charge is 0.367 e. The zero-order valence-corrected chi connectivity index (χ0v) is 13.3. The molecule has 1 saturated heterocycles. The molecule has 20 heavy (non-hydrogen) atoms. The minimum atomic E-state index is -0.458. The average Bonchev–Trinajstić information content (AvgIpc) is 3.08. The van der Waals surface area contributed by atoms with Crippen LogP contribution in [0, 0.1) is 5.92 Å². The molecule has 1 aliphatic rings. The van der Waals surface area contributed by atoms with Crippen molar-refractivity contribution >= 4 is 0 Å². The van der Waals surface area contributed by atoms with Crippen LogP contribution in [0.4, 0.5) is 0 Å². The molecule has 5 heteroatoms. The van der Waals surface area contributed by atoms with E-state index in [1.165, 1.54) is 0 Å². The molecule has 2 rings (SSSR count). The van der Waals surface area contributed by atoms with Gasteiger partial charge in [-0.25, -0.2) is 0 Å². The van der Waals surface area contributed by atoms with Gasteiger partial charge < -0.3 is 14.6 Å². The molecule has 0 amide bonds. The van der Waals surface area contributed by atoms with Crippen LogP contribution in [0.15, 0.2) is 4.52 Å². The van der Waals surface area contributed by atoms with E-state index in [-0.39, 0.29) is 5.41 Å². The Balaban J connectivity index is 2.32. The molecule has 0 spiro atoms. The highest BCUT2D eigenvalue weighted by atomic mass is 16.5. The van der Waals surface area contributed by atoms with Gasteiger partial charge in [-0.3, -0.25) is 0 Å². The van der Waals surface area contributed by atoms with E-state index >= 15 is 0 Å². The van der Waals surface area contributed by atoms with Gasteiger partial charge in [0.15, 0.2) is 0 Å². The third-order valence-corrected chi connectivity index (χ3v) is 4.76. The summed E-state index contributed by atoms with van der Waals surface area (Å²) in [6.07, 6.45) is 1.87. The Labute approximate surface area is 121 Å². The van der Waals surface area contributed by atoms with Gasteiger partial charge in [0.25, 0.3) is 0 Å². The third-order valence-electron chi connectivity index (χ3n) is 4.76. The van der Waals surface area contributed by atoms with Crippen molar-refractivity contribution < 1.29 is 9.26 Å². The van der Waals surface area contributed by atoms with Crippen LogP contribution in [0.25, 0.3) is 0 Å². The first kappa shape index (κ1) is 15.4. The number of ether oxygens (including phenoxy) is 1. The van der Waals surface area contributed by atoms with Crippen LogP contribution >= 0.6 is 0 Å². The molecule has 2 unspecified atom stereocenters. The molecule has 0 aliphatic carbocycles. The first-order valence-electron chi connectivity index (χ1n) is 7.68. The summed E-state index contributed by atoms with van der Waals surface area (Å²) in [5.74, 6) is 1.89. The summed E-state index contributed by atoms with van der Waals surface area (Å²) in [6, 6.07) is 0. The Morgan fingerprint density at radius 1 is 1.45 bits per heavy atom. The smallest absolute Gasteiger partial charge is 0.234 e. The summed E-state index contributed by atoms with van der Waals surface area (Å²) in [7, 11) is 0. The van der Waals surface area contributed by atoms with E-state index in [0.717, 1.165) is 31.8 Å². The Morgan fingerprint density at radius 3 is 2.70 bits per heavy atom. The SMILES string of the molecule is CCOC(C)(CC)c1noc(C2(C(C)C)CCNC2)n1. The molecule has 0 aromatic carbocycles. The molecule has 0 radical (unpaired) electrons. The first-order chi connectivity index (χ1) is 9.48. The Bertz CT molecular complexity index is 438. The molecule has 114 valence electrons. The number of nitrogens with one attached hydrogen (secondary N) is 1. The fourth-order valence-electron chi connectivity index (χ4n) is 2.92. The van der Waals surface area contributed by atoms with E-state index in [2.05, 4.69) is 31.2 Å². The molecule has 2 heterocycles. The minimum absolute atomic E-state index is 0.0356. The predicted octanol–water partition coefficient (Wildman–Crippen LogP) is 2.62. The summed E-state index contributed by atoms with van der Waals surface area (Å²) in [6.45, 7) is 13.1. The van der Waals surface area contributed by atoms with Crippen molar-refractivity contribution in [3.8, 4) is 0 Å². The predicted molar refractivity (Wildman–Crippen MR) is 77.6 cm³/mol. The van der Waals surface area contributed by atoms with E-state index in [1.54, 1.807) is 0 Å². The second-order valence-corrected chi connectivity index (χ2v) is 6.18. The van der Waals surface area contributed by atoms with Crippen LogP contribution in [0.2, 0.25) is 0 Å². The van der Waals surface area contributed by atoms with E-state index in [4.69, 9.17) is 14.2 Å². The summed E-state index contributed by atoms with van der Waals surface area (Å²) in [5.41, 5.74) is -0.493. The van der Waals surface area contributed by atoms with Crippen molar-refractivity contribution in [2.45, 2.75) is 58.5 Å². The Kier molecular flexibility index (Phi) is 4.49. The monoisotopic (exact) mass is 281 g/mol. The third kappa shape index (κ3) is 2.49. The molecule has 0 saturated carbocycles. The van der Waals surface area contributed by atoms with Gasteiger partial charge in [-0.1, -0.05) is 25.9 Å². The van der Waals surface area contributed by atoms with E-state index in [9.17, 15) is 0 Å². The molecular weight excluding hydrogens is 254 g/mol. The zero-order valence-electron chi connectivity index (χ0n) is 13.3. The van der Waals surface area contributed by atoms with Gasteiger partial charge in [0.1, 0.15) is 5.60 Å². The van der Waals surface area contributed by atoms with Crippen molar-refractivity contribution in [1.29, 1.82) is 0 Å². The molecule has 1 aliphatic heterocycles. The summed E-state index contributed by atoms with van der Waals surface area (Å²) in [5, 5.41) is 7.63. The number of hydrogen-bond acceptors (Lipinski definition) is 5. The zero-order chi connectivity index (χ0) is 14.8. The highest BCUT2D eigenvalue weighted by Crippen LogP contribution is 2.38. The molecular formula is C15H27N3O2. The van der Waals surface area contributed by atoms with Crippen LogP contribution < -0.4 is 5.32 Å². The van der Waals surface area contributed by atoms with Crippen molar-refractivity contribution in [2.24, 2.45) is 5.92 Å². The van der Waals surface area contributed by atoms with Crippen molar-refractivity contribution in [1.82, 2.24) is 15.5 Å². The normalized spacial score (nSPS) is 26.1. The molecule has 1 N–H and O–H groups in total. The van der Waals surface area contributed by atoms with Gasteiger partial charge in [-0.05, 0) is 39.2 Å². The van der Waals surface area contributed by atoms with Crippen molar-refractivity contribution in [3.63, 3.8) is 0 Å². The quantitative estimate of drug-likeness (QED) is 0.868. The number of nitrogens with zero attached hydrogens (tertiary/aromatic N) is 2. The summed E-state index contributed by atoms with van der Waals surface area (Å²) >= 11 is 0. The molecule has 1 aromatic rings. The molecule has 1 aromatic heterocycles. The van der Waals surface area contributed by atoms with Crippen LogP contribution in [0.5, 0.6) is 0 Å². The summed E-state index contributed by atoms with van der Waals surface area (Å²) in [4.78, 5) is 4.70. The second-order valence-electron chi connectivity index (χ2n) is 6.18. The van der Waals surface area contributed by atoms with Gasteiger partial charge in [-0.15, -0.1) is 0 Å². The highest BCUT2D eigenvalue weighted by molar-refractivity contribution is 5.13.